The van der Waals surface area contributed by atoms with Gasteiger partial charge in [0, 0.05) is 6.04 Å². The lowest BCUT2D eigenvalue weighted by molar-refractivity contribution is -0.152. The highest BCUT2D eigenvalue weighted by molar-refractivity contribution is 5.96. The lowest BCUT2D eigenvalue weighted by Gasteiger charge is -2.29. The second-order valence-corrected chi connectivity index (χ2v) is 8.45. The van der Waals surface area contributed by atoms with Gasteiger partial charge in [-0.25, -0.2) is 9.59 Å². The van der Waals surface area contributed by atoms with Crippen LogP contribution in [0.25, 0.3) is 0 Å². The standard InChI is InChI=1S/C23H33N3O5/c1-15(2)21(25-19(27)13-17-10-5-4-6-11-17)22(29)31-14-20(28)26-23(30)24-18-12-8-7-9-16(18)3/h4-6,10-11,15-16,18,21H,7-9,12-14H2,1-3H3,(H,25,27)(H2,24,26,28,30). The smallest absolute Gasteiger partial charge is 0.329 e. The first-order valence-electron chi connectivity index (χ1n) is 10.9. The highest BCUT2D eigenvalue weighted by Crippen LogP contribution is 2.23. The number of carbonyl (C=O) groups excluding carboxylic acids is 4. The Balaban J connectivity index is 1.77. The number of imide groups is 1. The number of hydrogen-bond donors (Lipinski definition) is 3. The fraction of sp³-hybridized carbons (Fsp3) is 0.565. The van der Waals surface area contributed by atoms with Crippen LogP contribution in [0, 0.1) is 11.8 Å². The topological polar surface area (TPSA) is 114 Å². The zero-order valence-corrected chi connectivity index (χ0v) is 18.5. The van der Waals surface area contributed by atoms with Gasteiger partial charge in [0.05, 0.1) is 6.42 Å². The van der Waals surface area contributed by atoms with Crippen LogP contribution in [-0.4, -0.2) is 42.5 Å². The molecule has 0 spiro atoms. The van der Waals surface area contributed by atoms with E-state index >= 15 is 0 Å². The van der Waals surface area contributed by atoms with Gasteiger partial charge in [-0.3, -0.25) is 14.9 Å². The van der Waals surface area contributed by atoms with Crippen molar-refractivity contribution in [3.8, 4) is 0 Å². The van der Waals surface area contributed by atoms with Gasteiger partial charge < -0.3 is 15.4 Å². The molecule has 3 unspecified atom stereocenters. The van der Waals surface area contributed by atoms with Crippen LogP contribution in [0.15, 0.2) is 30.3 Å². The molecular formula is C23H33N3O5. The minimum atomic E-state index is -0.888. The van der Waals surface area contributed by atoms with Gasteiger partial charge in [-0.05, 0) is 30.2 Å². The van der Waals surface area contributed by atoms with Crippen molar-refractivity contribution >= 4 is 23.8 Å². The molecule has 1 aliphatic carbocycles. The lowest BCUT2D eigenvalue weighted by atomic mass is 9.86. The van der Waals surface area contributed by atoms with Gasteiger partial charge in [0.1, 0.15) is 6.04 Å². The molecule has 31 heavy (non-hydrogen) atoms. The Morgan fingerprint density at radius 2 is 1.71 bits per heavy atom. The summed E-state index contributed by atoms with van der Waals surface area (Å²) in [7, 11) is 0. The third-order valence-corrected chi connectivity index (χ3v) is 5.47. The summed E-state index contributed by atoms with van der Waals surface area (Å²) in [6, 6.07) is 7.74. The lowest BCUT2D eigenvalue weighted by Crippen LogP contribution is -2.49. The fourth-order valence-corrected chi connectivity index (χ4v) is 3.63. The van der Waals surface area contributed by atoms with E-state index in [2.05, 4.69) is 22.9 Å². The number of benzene rings is 1. The number of ether oxygens (including phenoxy) is 1. The van der Waals surface area contributed by atoms with Crippen molar-refractivity contribution in [2.24, 2.45) is 11.8 Å². The average Bonchev–Trinajstić information content (AvgIpc) is 2.72. The maximum atomic E-state index is 12.4. The first-order chi connectivity index (χ1) is 14.8. The summed E-state index contributed by atoms with van der Waals surface area (Å²) in [6.07, 6.45) is 4.26. The molecule has 4 amide bonds. The van der Waals surface area contributed by atoms with E-state index in [0.29, 0.717) is 5.92 Å². The first kappa shape index (κ1) is 24.4. The Labute approximate surface area is 183 Å². The molecule has 0 saturated heterocycles. The second-order valence-electron chi connectivity index (χ2n) is 8.45. The molecule has 1 fully saturated rings. The number of hydrogen-bond acceptors (Lipinski definition) is 5. The van der Waals surface area contributed by atoms with Crippen molar-refractivity contribution in [1.82, 2.24) is 16.0 Å². The molecular weight excluding hydrogens is 398 g/mol. The molecule has 8 nitrogen and oxygen atoms in total. The van der Waals surface area contributed by atoms with E-state index in [1.807, 2.05) is 30.3 Å². The number of esters is 1. The molecule has 3 N–H and O–H groups in total. The number of nitrogens with one attached hydrogen (secondary N) is 3. The molecule has 0 heterocycles. The minimum Gasteiger partial charge on any atom is -0.454 e. The molecule has 0 aromatic heterocycles. The van der Waals surface area contributed by atoms with Crippen molar-refractivity contribution in [3.05, 3.63) is 35.9 Å². The maximum absolute atomic E-state index is 12.4. The zero-order valence-electron chi connectivity index (χ0n) is 18.5. The van der Waals surface area contributed by atoms with Crippen LogP contribution in [-0.2, 0) is 25.5 Å². The van der Waals surface area contributed by atoms with E-state index in [1.54, 1.807) is 13.8 Å². The van der Waals surface area contributed by atoms with E-state index < -0.39 is 30.6 Å². The first-order valence-corrected chi connectivity index (χ1v) is 10.9. The van der Waals surface area contributed by atoms with E-state index in [9.17, 15) is 19.2 Å². The summed E-state index contributed by atoms with van der Waals surface area (Å²) in [5, 5.41) is 7.66. The van der Waals surface area contributed by atoms with Crippen molar-refractivity contribution < 1.29 is 23.9 Å². The predicted molar refractivity (Wildman–Crippen MR) is 116 cm³/mol. The quantitative estimate of drug-likeness (QED) is 0.547. The van der Waals surface area contributed by atoms with Gasteiger partial charge in [-0.15, -0.1) is 0 Å². The van der Waals surface area contributed by atoms with E-state index in [1.165, 1.54) is 0 Å². The van der Waals surface area contributed by atoms with Crippen LogP contribution < -0.4 is 16.0 Å². The average molecular weight is 432 g/mol. The summed E-state index contributed by atoms with van der Waals surface area (Å²) in [4.78, 5) is 48.7. The molecule has 170 valence electrons. The molecule has 1 aliphatic rings. The van der Waals surface area contributed by atoms with Gasteiger partial charge in [0.25, 0.3) is 5.91 Å². The Morgan fingerprint density at radius 1 is 1.03 bits per heavy atom. The van der Waals surface area contributed by atoms with Crippen molar-refractivity contribution in [1.29, 1.82) is 0 Å². The SMILES string of the molecule is CC(C)C(NC(=O)Cc1ccccc1)C(=O)OCC(=O)NC(=O)NC1CCCCC1C. The molecule has 8 heteroatoms. The Bertz CT molecular complexity index is 766. The highest BCUT2D eigenvalue weighted by Gasteiger charge is 2.27. The van der Waals surface area contributed by atoms with Gasteiger partial charge in [0.2, 0.25) is 5.91 Å². The van der Waals surface area contributed by atoms with Gasteiger partial charge in [0.15, 0.2) is 6.61 Å². The third-order valence-electron chi connectivity index (χ3n) is 5.47. The maximum Gasteiger partial charge on any atom is 0.329 e. The van der Waals surface area contributed by atoms with Gasteiger partial charge in [-0.1, -0.05) is 63.9 Å². The van der Waals surface area contributed by atoms with Crippen LogP contribution in [0.3, 0.4) is 0 Å². The van der Waals surface area contributed by atoms with Crippen LogP contribution in [0.2, 0.25) is 0 Å². The normalized spacial score (nSPS) is 19.2. The van der Waals surface area contributed by atoms with Crippen molar-refractivity contribution in [2.75, 3.05) is 6.61 Å². The largest absolute Gasteiger partial charge is 0.454 e. The van der Waals surface area contributed by atoms with Gasteiger partial charge in [-0.2, -0.15) is 0 Å². The predicted octanol–water partition coefficient (Wildman–Crippen LogP) is 2.32. The molecule has 0 radical (unpaired) electrons. The van der Waals surface area contributed by atoms with Gasteiger partial charge >= 0.3 is 12.0 Å². The van der Waals surface area contributed by atoms with Crippen LogP contribution >= 0.6 is 0 Å². The van der Waals surface area contributed by atoms with Crippen molar-refractivity contribution in [2.45, 2.75) is 65.0 Å². The van der Waals surface area contributed by atoms with Crippen LogP contribution in [0.5, 0.6) is 0 Å². The Morgan fingerprint density at radius 3 is 2.35 bits per heavy atom. The Hall–Kier alpha value is -2.90. The van der Waals surface area contributed by atoms with Crippen molar-refractivity contribution in [3.63, 3.8) is 0 Å². The molecule has 1 aromatic carbocycles. The monoisotopic (exact) mass is 431 g/mol. The second kappa shape index (κ2) is 12.1. The summed E-state index contributed by atoms with van der Waals surface area (Å²) in [5.41, 5.74) is 0.827. The van der Waals surface area contributed by atoms with E-state index in [4.69, 9.17) is 4.74 Å². The molecule has 0 bridgehead atoms. The number of amides is 4. The minimum absolute atomic E-state index is 0.0363. The molecule has 2 rings (SSSR count). The van der Waals surface area contributed by atoms with Crippen LogP contribution in [0.4, 0.5) is 4.79 Å². The number of carbonyl (C=O) groups is 4. The molecule has 1 aromatic rings. The number of urea groups is 1. The zero-order chi connectivity index (χ0) is 22.8. The third kappa shape index (κ3) is 8.39. The summed E-state index contributed by atoms with van der Waals surface area (Å²) in [5.74, 6) is -1.61. The fourth-order valence-electron chi connectivity index (χ4n) is 3.63. The Kier molecular flexibility index (Phi) is 9.49. The molecule has 1 saturated carbocycles. The molecule has 3 atom stereocenters. The summed E-state index contributed by atoms with van der Waals surface area (Å²) in [6.45, 7) is 5.03. The number of rotatable bonds is 8. The highest BCUT2D eigenvalue weighted by atomic mass is 16.5. The molecule has 0 aliphatic heterocycles. The van der Waals surface area contributed by atoms with E-state index in [-0.39, 0.29) is 24.3 Å². The summed E-state index contributed by atoms with van der Waals surface area (Å²) < 4.78 is 5.04. The summed E-state index contributed by atoms with van der Waals surface area (Å²) >= 11 is 0. The van der Waals surface area contributed by atoms with Crippen LogP contribution in [0.1, 0.15) is 52.0 Å². The van der Waals surface area contributed by atoms with E-state index in [0.717, 1.165) is 31.2 Å².